The van der Waals surface area contributed by atoms with Crippen LogP contribution in [0.2, 0.25) is 5.02 Å². The normalized spacial score (nSPS) is 11.9. The number of hydrogen-bond acceptors (Lipinski definition) is 4. The molecule has 2 aromatic carbocycles. The molecule has 0 bridgehead atoms. The molecule has 3 rings (SSSR count). The first-order valence-electron chi connectivity index (χ1n) is 10.1. The smallest absolute Gasteiger partial charge is 0.348 e. The molecule has 0 aliphatic rings. The van der Waals surface area contributed by atoms with E-state index in [0.717, 1.165) is 25.9 Å². The maximum Gasteiger partial charge on any atom is 0.352 e. The van der Waals surface area contributed by atoms with E-state index >= 15 is 0 Å². The molecule has 1 N–H and O–H groups in total. The molecule has 1 aromatic heterocycles. The van der Waals surface area contributed by atoms with Gasteiger partial charge in [-0.05, 0) is 56.0 Å². The van der Waals surface area contributed by atoms with Crippen LogP contribution in [0.4, 0.5) is 0 Å². The molecular formula is C23H25ClN4O3. The first-order chi connectivity index (χ1) is 14.7. The van der Waals surface area contributed by atoms with E-state index in [1.807, 2.05) is 52.0 Å². The van der Waals surface area contributed by atoms with Crippen LogP contribution in [0.25, 0.3) is 5.69 Å². The van der Waals surface area contributed by atoms with Crippen molar-refractivity contribution in [1.82, 2.24) is 19.7 Å². The van der Waals surface area contributed by atoms with Crippen molar-refractivity contribution < 1.29 is 4.79 Å². The third kappa shape index (κ3) is 4.77. The Kier molecular flexibility index (Phi) is 6.75. The molecule has 0 unspecified atom stereocenters. The lowest BCUT2D eigenvalue weighted by atomic mass is 10.1. The highest BCUT2D eigenvalue weighted by Crippen LogP contribution is 2.18. The Bertz CT molecular complexity index is 1250. The molecule has 31 heavy (non-hydrogen) atoms. The highest BCUT2D eigenvalue weighted by molar-refractivity contribution is 6.31. The van der Waals surface area contributed by atoms with Crippen molar-refractivity contribution in [2.75, 3.05) is 0 Å². The number of nitrogens with one attached hydrogen (secondary N) is 1. The van der Waals surface area contributed by atoms with Gasteiger partial charge >= 0.3 is 5.69 Å². The van der Waals surface area contributed by atoms with E-state index in [1.54, 1.807) is 18.2 Å². The molecule has 0 spiro atoms. The molecule has 7 nitrogen and oxygen atoms in total. The second-order valence-corrected chi connectivity index (χ2v) is 7.98. The number of benzene rings is 2. The van der Waals surface area contributed by atoms with Crippen molar-refractivity contribution in [2.24, 2.45) is 0 Å². The number of carbonyl (C=O) groups excluding carboxylic acids is 1. The minimum absolute atomic E-state index is 0.0239. The number of rotatable bonds is 6. The van der Waals surface area contributed by atoms with Gasteiger partial charge in [0, 0.05) is 11.1 Å². The van der Waals surface area contributed by atoms with Gasteiger partial charge in [-0.25, -0.2) is 4.79 Å². The van der Waals surface area contributed by atoms with Gasteiger partial charge in [-0.2, -0.15) is 9.78 Å². The predicted octanol–water partition coefficient (Wildman–Crippen LogP) is 3.24. The maximum absolute atomic E-state index is 13.2. The fraction of sp³-hybridized carbons (Fsp3) is 0.304. The average Bonchev–Trinajstić information content (AvgIpc) is 2.74. The standard InChI is InChI=1S/C23H25ClN4O3/c1-5-16(4)25-21(29)20-22(30)27(13-17-9-7-6-8-14(17)2)23(31)28(26-20)18-11-10-15(3)19(24)12-18/h6-12,16H,5,13H2,1-4H3,(H,25,29)/t16-/m0/s1. The van der Waals surface area contributed by atoms with Gasteiger partial charge in [0.2, 0.25) is 5.69 Å². The van der Waals surface area contributed by atoms with Crippen LogP contribution in [0.15, 0.2) is 52.1 Å². The SMILES string of the molecule is CC[C@H](C)NC(=O)c1nn(-c2ccc(C)c(Cl)c2)c(=O)n(Cc2ccccc2C)c1=O. The molecule has 0 fully saturated rings. The molecule has 1 heterocycles. The quantitative estimate of drug-likeness (QED) is 0.637. The monoisotopic (exact) mass is 440 g/mol. The summed E-state index contributed by atoms with van der Waals surface area (Å²) in [6.07, 6.45) is 0.691. The fourth-order valence-corrected chi connectivity index (χ4v) is 3.21. The molecule has 8 heteroatoms. The zero-order valence-corrected chi connectivity index (χ0v) is 18.7. The number of amides is 1. The van der Waals surface area contributed by atoms with Gasteiger partial charge in [0.1, 0.15) is 0 Å². The predicted molar refractivity (Wildman–Crippen MR) is 121 cm³/mol. The molecule has 162 valence electrons. The summed E-state index contributed by atoms with van der Waals surface area (Å²) in [4.78, 5) is 39.2. The van der Waals surface area contributed by atoms with Crippen molar-refractivity contribution in [3.05, 3.63) is 90.7 Å². The van der Waals surface area contributed by atoms with Crippen molar-refractivity contribution in [3.63, 3.8) is 0 Å². The highest BCUT2D eigenvalue weighted by Gasteiger charge is 2.22. The van der Waals surface area contributed by atoms with Crippen molar-refractivity contribution >= 4 is 17.5 Å². The lowest BCUT2D eigenvalue weighted by Gasteiger charge is -2.15. The average molecular weight is 441 g/mol. The fourth-order valence-electron chi connectivity index (χ4n) is 3.03. The van der Waals surface area contributed by atoms with E-state index in [0.29, 0.717) is 17.1 Å². The molecule has 0 aliphatic carbocycles. The summed E-state index contributed by atoms with van der Waals surface area (Å²) >= 11 is 6.24. The molecule has 3 aromatic rings. The second kappa shape index (κ2) is 9.31. The molecule has 0 saturated heterocycles. The van der Waals surface area contributed by atoms with E-state index in [1.165, 1.54) is 0 Å². The summed E-state index contributed by atoms with van der Waals surface area (Å²) in [5, 5.41) is 7.33. The zero-order chi connectivity index (χ0) is 22.7. The summed E-state index contributed by atoms with van der Waals surface area (Å²) < 4.78 is 2.09. The van der Waals surface area contributed by atoms with Crippen LogP contribution in [-0.2, 0) is 6.54 Å². The van der Waals surface area contributed by atoms with Crippen LogP contribution < -0.4 is 16.6 Å². The third-order valence-corrected chi connectivity index (χ3v) is 5.66. The summed E-state index contributed by atoms with van der Waals surface area (Å²) in [5.41, 5.74) is 1.22. The lowest BCUT2D eigenvalue weighted by Crippen LogP contribution is -2.47. The number of aryl methyl sites for hydroxylation is 2. The minimum Gasteiger partial charge on any atom is -0.348 e. The number of hydrogen-bond donors (Lipinski definition) is 1. The van der Waals surface area contributed by atoms with Crippen LogP contribution in [0, 0.1) is 13.8 Å². The number of halogens is 1. The van der Waals surface area contributed by atoms with Gasteiger partial charge in [-0.3, -0.25) is 14.2 Å². The van der Waals surface area contributed by atoms with Crippen LogP contribution in [-0.4, -0.2) is 26.3 Å². The van der Waals surface area contributed by atoms with Gasteiger partial charge in [0.05, 0.1) is 12.2 Å². The Balaban J connectivity index is 2.23. The van der Waals surface area contributed by atoms with Crippen molar-refractivity contribution in [1.29, 1.82) is 0 Å². The summed E-state index contributed by atoms with van der Waals surface area (Å²) in [6.45, 7) is 7.52. The summed E-state index contributed by atoms with van der Waals surface area (Å²) in [7, 11) is 0. The Hall–Kier alpha value is -3.19. The van der Waals surface area contributed by atoms with Crippen molar-refractivity contribution in [3.8, 4) is 5.69 Å². The largest absolute Gasteiger partial charge is 0.352 e. The van der Waals surface area contributed by atoms with Crippen LogP contribution in [0.5, 0.6) is 0 Å². The number of carbonyl (C=O) groups is 1. The zero-order valence-electron chi connectivity index (χ0n) is 18.0. The van der Waals surface area contributed by atoms with E-state index in [9.17, 15) is 14.4 Å². The van der Waals surface area contributed by atoms with Gasteiger partial charge in [0.15, 0.2) is 0 Å². The second-order valence-electron chi connectivity index (χ2n) is 7.58. The van der Waals surface area contributed by atoms with E-state index < -0.39 is 17.2 Å². The van der Waals surface area contributed by atoms with Gasteiger partial charge in [-0.15, -0.1) is 0 Å². The van der Waals surface area contributed by atoms with E-state index in [2.05, 4.69) is 10.4 Å². The molecule has 1 atom stereocenters. The summed E-state index contributed by atoms with van der Waals surface area (Å²) in [5.74, 6) is -0.621. The maximum atomic E-state index is 13.2. The Labute approximate surface area is 185 Å². The van der Waals surface area contributed by atoms with E-state index in [4.69, 9.17) is 11.6 Å². The van der Waals surface area contributed by atoms with Crippen LogP contribution in [0.3, 0.4) is 0 Å². The van der Waals surface area contributed by atoms with Crippen molar-refractivity contribution in [2.45, 2.75) is 46.7 Å². The van der Waals surface area contributed by atoms with Crippen LogP contribution >= 0.6 is 11.6 Å². The summed E-state index contributed by atoms with van der Waals surface area (Å²) in [6, 6.07) is 12.3. The molecule has 0 radical (unpaired) electrons. The van der Waals surface area contributed by atoms with Gasteiger partial charge < -0.3 is 5.32 Å². The van der Waals surface area contributed by atoms with Gasteiger partial charge in [-0.1, -0.05) is 48.9 Å². The first-order valence-corrected chi connectivity index (χ1v) is 10.5. The number of aromatic nitrogens is 3. The lowest BCUT2D eigenvalue weighted by molar-refractivity contribution is 0.0929. The van der Waals surface area contributed by atoms with E-state index in [-0.39, 0.29) is 18.3 Å². The Morgan fingerprint density at radius 2 is 1.84 bits per heavy atom. The minimum atomic E-state index is -0.733. The molecule has 0 aliphatic heterocycles. The molecule has 0 saturated carbocycles. The Morgan fingerprint density at radius 3 is 2.48 bits per heavy atom. The molecular weight excluding hydrogens is 416 g/mol. The topological polar surface area (TPSA) is 86.0 Å². The molecule has 1 amide bonds. The first kappa shape index (κ1) is 22.5. The highest BCUT2D eigenvalue weighted by atomic mass is 35.5. The van der Waals surface area contributed by atoms with Gasteiger partial charge in [0.25, 0.3) is 11.5 Å². The Morgan fingerprint density at radius 1 is 1.13 bits per heavy atom. The third-order valence-electron chi connectivity index (χ3n) is 5.25. The van der Waals surface area contributed by atoms with Crippen LogP contribution in [0.1, 0.15) is 47.4 Å². The number of nitrogens with zero attached hydrogens (tertiary/aromatic N) is 3.